The van der Waals surface area contributed by atoms with E-state index in [-0.39, 0.29) is 37.6 Å². The lowest BCUT2D eigenvalue weighted by atomic mass is 9.96. The molecule has 2 rings (SSSR count). The molecule has 35 heavy (non-hydrogen) atoms. The summed E-state index contributed by atoms with van der Waals surface area (Å²) < 4.78 is 39.2. The Balaban J connectivity index is 1.90. The van der Waals surface area contributed by atoms with E-state index in [1.807, 2.05) is 13.8 Å². The summed E-state index contributed by atoms with van der Waals surface area (Å²) in [7, 11) is 0. The van der Waals surface area contributed by atoms with Crippen LogP contribution in [0.1, 0.15) is 67.2 Å². The van der Waals surface area contributed by atoms with E-state index in [4.69, 9.17) is 33.2 Å². The van der Waals surface area contributed by atoms with Gasteiger partial charge in [-0.1, -0.05) is 0 Å². The Kier molecular flexibility index (Phi) is 11.4. The topological polar surface area (TPSA) is 133 Å². The number of rotatable bonds is 10. The summed E-state index contributed by atoms with van der Waals surface area (Å²) in [6, 6.07) is 0. The zero-order chi connectivity index (χ0) is 26.1. The fourth-order valence-corrected chi connectivity index (χ4v) is 4.38. The fraction of sp³-hybridized carbons (Fsp3) is 0.833. The van der Waals surface area contributed by atoms with Gasteiger partial charge in [0, 0.05) is 27.7 Å². The lowest BCUT2D eigenvalue weighted by Gasteiger charge is -2.42. The predicted octanol–water partition coefficient (Wildman–Crippen LogP) is 1.86. The second-order valence-electron chi connectivity index (χ2n) is 9.03. The molecule has 0 radical (unpaired) electrons. The average molecular weight is 503 g/mol. The van der Waals surface area contributed by atoms with Crippen LogP contribution in [0, 0.1) is 0 Å². The first-order chi connectivity index (χ1) is 16.5. The van der Waals surface area contributed by atoms with Crippen molar-refractivity contribution in [3.05, 3.63) is 0 Å². The van der Waals surface area contributed by atoms with E-state index in [2.05, 4.69) is 0 Å². The SMILES string of the molecule is CC(=O)OCC(OC(C)=O)C1CCC(OC2CCC(C(COC(C)=O)OC(C)=O)OC2C)C(C)O1. The average Bonchev–Trinajstić information content (AvgIpc) is 2.76. The van der Waals surface area contributed by atoms with Gasteiger partial charge in [0.25, 0.3) is 0 Å². The van der Waals surface area contributed by atoms with Gasteiger partial charge in [-0.25, -0.2) is 0 Å². The summed E-state index contributed by atoms with van der Waals surface area (Å²) >= 11 is 0. The van der Waals surface area contributed by atoms with E-state index < -0.39 is 48.3 Å². The lowest BCUT2D eigenvalue weighted by molar-refractivity contribution is -0.224. The van der Waals surface area contributed by atoms with Gasteiger partial charge in [-0.15, -0.1) is 0 Å². The molecular weight excluding hydrogens is 464 g/mol. The van der Waals surface area contributed by atoms with Gasteiger partial charge in [0.15, 0.2) is 12.2 Å². The van der Waals surface area contributed by atoms with E-state index in [1.54, 1.807) is 0 Å². The summed E-state index contributed by atoms with van der Waals surface area (Å²) in [5.41, 5.74) is 0. The molecule has 2 saturated heterocycles. The van der Waals surface area contributed by atoms with Gasteiger partial charge in [-0.05, 0) is 39.5 Å². The maximum absolute atomic E-state index is 11.5. The van der Waals surface area contributed by atoms with Crippen LogP contribution in [-0.2, 0) is 52.3 Å². The van der Waals surface area contributed by atoms with Crippen molar-refractivity contribution in [3.8, 4) is 0 Å². The smallest absolute Gasteiger partial charge is 0.303 e. The molecule has 2 aliphatic rings. The molecule has 200 valence electrons. The minimum atomic E-state index is -0.687. The Labute approximate surface area is 206 Å². The Bertz CT molecular complexity index is 679. The Morgan fingerprint density at radius 2 is 1.03 bits per heavy atom. The van der Waals surface area contributed by atoms with Gasteiger partial charge in [-0.3, -0.25) is 19.2 Å². The molecule has 2 aliphatic heterocycles. The van der Waals surface area contributed by atoms with E-state index in [0.29, 0.717) is 25.7 Å². The summed E-state index contributed by atoms with van der Waals surface area (Å²) in [5, 5.41) is 0. The van der Waals surface area contributed by atoms with Gasteiger partial charge in [0.1, 0.15) is 13.2 Å². The van der Waals surface area contributed by atoms with Crippen molar-refractivity contribution in [2.24, 2.45) is 0 Å². The highest BCUT2D eigenvalue weighted by Gasteiger charge is 2.40. The van der Waals surface area contributed by atoms with E-state index in [1.165, 1.54) is 27.7 Å². The van der Waals surface area contributed by atoms with Crippen LogP contribution in [0.4, 0.5) is 0 Å². The van der Waals surface area contributed by atoms with Gasteiger partial charge < -0.3 is 33.2 Å². The molecule has 0 aromatic rings. The molecule has 0 aromatic carbocycles. The van der Waals surface area contributed by atoms with Gasteiger partial charge in [0.05, 0.1) is 36.6 Å². The maximum atomic E-state index is 11.5. The van der Waals surface area contributed by atoms with Gasteiger partial charge in [-0.2, -0.15) is 0 Å². The van der Waals surface area contributed by atoms with Crippen LogP contribution in [0.3, 0.4) is 0 Å². The molecular formula is C24H38O11. The minimum Gasteiger partial charge on any atom is -0.462 e. The lowest BCUT2D eigenvalue weighted by Crippen LogP contribution is -2.51. The third kappa shape index (κ3) is 9.73. The highest BCUT2D eigenvalue weighted by molar-refractivity contribution is 5.67. The number of hydrogen-bond donors (Lipinski definition) is 0. The van der Waals surface area contributed by atoms with Gasteiger partial charge in [0.2, 0.25) is 0 Å². The van der Waals surface area contributed by atoms with Crippen molar-refractivity contribution in [2.75, 3.05) is 13.2 Å². The molecule has 0 aromatic heterocycles. The highest BCUT2D eigenvalue weighted by Crippen LogP contribution is 2.31. The van der Waals surface area contributed by atoms with Crippen molar-refractivity contribution >= 4 is 23.9 Å². The molecule has 2 heterocycles. The van der Waals surface area contributed by atoms with Crippen LogP contribution in [0.5, 0.6) is 0 Å². The number of hydrogen-bond acceptors (Lipinski definition) is 11. The van der Waals surface area contributed by atoms with E-state index in [0.717, 1.165) is 0 Å². The molecule has 11 nitrogen and oxygen atoms in total. The van der Waals surface area contributed by atoms with E-state index in [9.17, 15) is 19.2 Å². The summed E-state index contributed by atoms with van der Waals surface area (Å²) in [6.07, 6.45) is -0.707. The number of carbonyl (C=O) groups excluding carboxylic acids is 4. The first-order valence-electron chi connectivity index (χ1n) is 12.0. The molecule has 0 aliphatic carbocycles. The Morgan fingerprint density at radius 3 is 1.31 bits per heavy atom. The zero-order valence-electron chi connectivity index (χ0n) is 21.4. The van der Waals surface area contributed by atoms with Crippen LogP contribution in [0.2, 0.25) is 0 Å². The monoisotopic (exact) mass is 502 g/mol. The molecule has 0 amide bonds. The number of esters is 4. The molecule has 0 N–H and O–H groups in total. The van der Waals surface area contributed by atoms with Crippen molar-refractivity contribution in [3.63, 3.8) is 0 Å². The molecule has 0 bridgehead atoms. The van der Waals surface area contributed by atoms with Crippen LogP contribution < -0.4 is 0 Å². The summed E-state index contributed by atoms with van der Waals surface area (Å²) in [6.45, 7) is 8.83. The largest absolute Gasteiger partial charge is 0.462 e. The van der Waals surface area contributed by atoms with Gasteiger partial charge >= 0.3 is 23.9 Å². The molecule has 2 fully saturated rings. The Hall–Kier alpha value is -2.24. The third-order valence-electron chi connectivity index (χ3n) is 6.01. The predicted molar refractivity (Wildman–Crippen MR) is 120 cm³/mol. The number of carbonyl (C=O) groups is 4. The molecule has 0 saturated carbocycles. The second-order valence-corrected chi connectivity index (χ2v) is 9.03. The second kappa shape index (κ2) is 13.7. The van der Waals surface area contributed by atoms with Crippen molar-refractivity contribution in [1.29, 1.82) is 0 Å². The first-order valence-corrected chi connectivity index (χ1v) is 12.0. The van der Waals surface area contributed by atoms with Crippen molar-refractivity contribution in [2.45, 2.75) is 116 Å². The Morgan fingerprint density at radius 1 is 0.657 bits per heavy atom. The number of ether oxygens (including phenoxy) is 7. The van der Waals surface area contributed by atoms with Crippen LogP contribution in [-0.4, -0.2) is 85.9 Å². The molecule has 11 heteroatoms. The molecule has 8 atom stereocenters. The fourth-order valence-electron chi connectivity index (χ4n) is 4.38. The first kappa shape index (κ1) is 29.0. The van der Waals surface area contributed by atoms with E-state index >= 15 is 0 Å². The summed E-state index contributed by atoms with van der Waals surface area (Å²) in [5.74, 6) is -1.86. The molecule has 0 spiro atoms. The van der Waals surface area contributed by atoms with Crippen molar-refractivity contribution in [1.82, 2.24) is 0 Å². The van der Waals surface area contributed by atoms with Crippen molar-refractivity contribution < 1.29 is 52.3 Å². The maximum Gasteiger partial charge on any atom is 0.303 e. The normalized spacial score (nSPS) is 30.5. The zero-order valence-corrected chi connectivity index (χ0v) is 21.4. The molecule has 8 unspecified atom stereocenters. The van der Waals surface area contributed by atoms with Crippen LogP contribution in [0.15, 0.2) is 0 Å². The minimum absolute atomic E-state index is 0.0659. The highest BCUT2D eigenvalue weighted by atomic mass is 16.6. The van der Waals surface area contributed by atoms with Crippen LogP contribution >= 0.6 is 0 Å². The third-order valence-corrected chi connectivity index (χ3v) is 6.01. The van der Waals surface area contributed by atoms with Crippen LogP contribution in [0.25, 0.3) is 0 Å². The standard InChI is InChI=1S/C24H38O11/c1-13-19(7-9-21(31-13)23(33-17(5)27)11-29-15(3)25)35-20-8-10-22(32-14(20)2)24(34-18(6)28)12-30-16(4)26/h13-14,19-24H,7-12H2,1-6H3. The summed E-state index contributed by atoms with van der Waals surface area (Å²) in [4.78, 5) is 45.3. The quantitative estimate of drug-likeness (QED) is 0.320.